The molecular formula is C10H38N8O8. The highest BCUT2D eigenvalue weighted by molar-refractivity contribution is 5.75. The van der Waals surface area contributed by atoms with Gasteiger partial charge in [0.05, 0.1) is 31.3 Å². The van der Waals surface area contributed by atoms with Crippen molar-refractivity contribution < 1.29 is 42.5 Å². The fourth-order valence-electron chi connectivity index (χ4n) is 1.76. The van der Waals surface area contributed by atoms with Crippen molar-refractivity contribution >= 4 is 23.9 Å². The van der Waals surface area contributed by atoms with Crippen LogP contribution in [-0.2, 0) is 19.2 Å². The molecule has 0 bridgehead atoms. The Kier molecular flexibility index (Phi) is 31.8. The van der Waals surface area contributed by atoms with Crippen LogP contribution in [0, 0.1) is 0 Å². The summed E-state index contributed by atoms with van der Waals surface area (Å²) >= 11 is 0. The number of aliphatic carboxylic acids is 4. The van der Waals surface area contributed by atoms with Crippen molar-refractivity contribution in [3.8, 4) is 0 Å². The number of rotatable bonds is 10. The summed E-state index contributed by atoms with van der Waals surface area (Å²) in [7, 11) is 0. The molecule has 0 radical (unpaired) electrons. The lowest BCUT2D eigenvalue weighted by molar-refractivity contribution is -0.146. The second-order valence-electron chi connectivity index (χ2n) is 4.25. The molecule has 0 aliphatic rings. The van der Waals surface area contributed by atoms with Gasteiger partial charge in [-0.1, -0.05) is 0 Å². The largest absolute Gasteiger partial charge is 0.481 e. The van der Waals surface area contributed by atoms with Gasteiger partial charge < -0.3 is 63.1 Å². The Morgan fingerprint density at radius 3 is 1.35 bits per heavy atom. The lowest BCUT2D eigenvalue weighted by Gasteiger charge is -2.36. The molecule has 0 saturated heterocycles. The van der Waals surface area contributed by atoms with Crippen LogP contribution in [0.2, 0.25) is 0 Å². The predicted octanol–water partition coefficient (Wildman–Crippen LogP) is -0.385. The zero-order valence-electron chi connectivity index (χ0n) is 14.6. The van der Waals surface area contributed by atoms with Crippen LogP contribution in [0.25, 0.3) is 0 Å². The molecule has 16 nitrogen and oxygen atoms in total. The summed E-state index contributed by atoms with van der Waals surface area (Å²) in [6.45, 7) is -0.742. The van der Waals surface area contributed by atoms with Gasteiger partial charge in [0.1, 0.15) is 0 Å². The maximum atomic E-state index is 10.8. The Morgan fingerprint density at radius 1 is 0.769 bits per heavy atom. The standard InChI is InChI=1S/C10H16N2O8.6H3N.2H2/c11-5(1-6(13)14)10(2-7(15)16,3-8(17)18)12-4-9(19)20;;;;;;;;/h5,12H,1-4,11H2,(H,13,14)(H,15,16)(H,17,18)(H,19,20);6*1H3;2*1H. The van der Waals surface area contributed by atoms with Crippen molar-refractivity contribution in [3.05, 3.63) is 0 Å². The first-order valence-corrected chi connectivity index (χ1v) is 5.47. The first-order chi connectivity index (χ1) is 9.09. The van der Waals surface area contributed by atoms with Gasteiger partial charge in [-0.15, -0.1) is 0 Å². The Balaban J connectivity index is -0.0000000645. The van der Waals surface area contributed by atoms with Crippen LogP contribution in [0.3, 0.4) is 0 Å². The highest BCUT2D eigenvalue weighted by Crippen LogP contribution is 2.22. The fourth-order valence-corrected chi connectivity index (χ4v) is 1.76. The van der Waals surface area contributed by atoms with Gasteiger partial charge in [-0.2, -0.15) is 0 Å². The van der Waals surface area contributed by atoms with Crippen LogP contribution in [0.5, 0.6) is 0 Å². The molecule has 1 unspecified atom stereocenters. The van der Waals surface area contributed by atoms with Gasteiger partial charge >= 0.3 is 23.9 Å². The van der Waals surface area contributed by atoms with Gasteiger partial charge in [-0.05, 0) is 0 Å². The number of carboxylic acid groups (broad SMARTS) is 4. The van der Waals surface area contributed by atoms with Crippen LogP contribution in [0.1, 0.15) is 22.1 Å². The number of nitrogens with one attached hydrogen (secondary N) is 1. The molecule has 0 aliphatic heterocycles. The Hall–Kier alpha value is -2.44. The van der Waals surface area contributed by atoms with Gasteiger partial charge in [-0.25, -0.2) is 0 Å². The summed E-state index contributed by atoms with van der Waals surface area (Å²) < 4.78 is 0. The molecule has 25 N–H and O–H groups in total. The second kappa shape index (κ2) is 18.9. The first kappa shape index (κ1) is 43.7. The molecule has 0 saturated carbocycles. The molecular weight excluding hydrogens is 360 g/mol. The van der Waals surface area contributed by atoms with Crippen LogP contribution in [-0.4, -0.2) is 62.4 Å². The summed E-state index contributed by atoms with van der Waals surface area (Å²) in [4.78, 5) is 42.9. The van der Waals surface area contributed by atoms with E-state index in [1.807, 2.05) is 0 Å². The van der Waals surface area contributed by atoms with E-state index in [9.17, 15) is 19.2 Å². The van der Waals surface area contributed by atoms with E-state index in [0.717, 1.165) is 0 Å². The fraction of sp³-hybridized carbons (Fsp3) is 0.600. The summed E-state index contributed by atoms with van der Waals surface area (Å²) in [5.74, 6) is -5.56. The van der Waals surface area contributed by atoms with Crippen LogP contribution < -0.4 is 48.0 Å². The molecule has 0 aliphatic carbocycles. The highest BCUT2D eigenvalue weighted by Gasteiger charge is 2.42. The van der Waals surface area contributed by atoms with Gasteiger partial charge in [-0.3, -0.25) is 24.5 Å². The quantitative estimate of drug-likeness (QED) is 0.222. The number of hydrogen-bond donors (Lipinski definition) is 12. The molecule has 26 heavy (non-hydrogen) atoms. The SMILES string of the molecule is N.N.N.N.N.N.NC(CC(=O)O)C(CC(=O)O)(CC(=O)O)NCC(=O)O.[HH].[HH]. The minimum atomic E-state index is -1.87. The molecule has 166 valence electrons. The molecule has 0 heterocycles. The zero-order valence-corrected chi connectivity index (χ0v) is 14.6. The lowest BCUT2D eigenvalue weighted by atomic mass is 9.82. The van der Waals surface area contributed by atoms with Gasteiger partial charge in [0.15, 0.2) is 0 Å². The van der Waals surface area contributed by atoms with Crippen molar-refractivity contribution in [1.29, 1.82) is 0 Å². The van der Waals surface area contributed by atoms with E-state index in [4.69, 9.17) is 26.2 Å². The maximum absolute atomic E-state index is 10.8. The molecule has 0 amide bonds. The van der Waals surface area contributed by atoms with Crippen molar-refractivity contribution in [2.24, 2.45) is 5.73 Å². The van der Waals surface area contributed by atoms with Crippen molar-refractivity contribution in [1.82, 2.24) is 42.2 Å². The highest BCUT2D eigenvalue weighted by atomic mass is 16.4. The normalized spacial score (nSPS) is 9.73. The Labute approximate surface area is 153 Å². The van der Waals surface area contributed by atoms with Gasteiger partial charge in [0.2, 0.25) is 0 Å². The summed E-state index contributed by atoms with van der Waals surface area (Å²) in [6.07, 6.45) is -2.34. The molecule has 0 aromatic heterocycles. The molecule has 1 atom stereocenters. The average Bonchev–Trinajstić information content (AvgIpc) is 2.23. The van der Waals surface area contributed by atoms with E-state index in [2.05, 4.69) is 5.32 Å². The monoisotopic (exact) mass is 398 g/mol. The van der Waals surface area contributed by atoms with E-state index in [-0.39, 0.29) is 39.8 Å². The van der Waals surface area contributed by atoms with Gasteiger partial charge in [0, 0.05) is 8.90 Å². The molecule has 0 rings (SSSR count). The third-order valence-corrected chi connectivity index (χ3v) is 2.63. The van der Waals surface area contributed by atoms with Crippen molar-refractivity contribution in [2.45, 2.75) is 30.8 Å². The summed E-state index contributed by atoms with van der Waals surface area (Å²) in [5, 5.41) is 37.2. The maximum Gasteiger partial charge on any atom is 0.317 e. The second-order valence-corrected chi connectivity index (χ2v) is 4.25. The van der Waals surface area contributed by atoms with E-state index in [1.165, 1.54) is 0 Å². The van der Waals surface area contributed by atoms with E-state index in [1.54, 1.807) is 0 Å². The smallest absolute Gasteiger partial charge is 0.317 e. The van der Waals surface area contributed by atoms with Crippen LogP contribution >= 0.6 is 0 Å². The first-order valence-electron chi connectivity index (χ1n) is 5.47. The third-order valence-electron chi connectivity index (χ3n) is 2.63. The van der Waals surface area contributed by atoms with Crippen molar-refractivity contribution in [2.75, 3.05) is 6.54 Å². The summed E-state index contributed by atoms with van der Waals surface area (Å²) in [6, 6.07) is -1.38. The van der Waals surface area contributed by atoms with Crippen LogP contribution in [0.4, 0.5) is 0 Å². The van der Waals surface area contributed by atoms with E-state index >= 15 is 0 Å². The average molecular weight is 398 g/mol. The zero-order chi connectivity index (χ0) is 15.9. The molecule has 0 aromatic rings. The lowest BCUT2D eigenvalue weighted by Crippen LogP contribution is -2.61. The molecule has 0 spiro atoms. The molecule has 0 aromatic carbocycles. The minimum absolute atomic E-state index is 0. The summed E-state index contributed by atoms with van der Waals surface area (Å²) in [5.41, 5.74) is 3.71. The van der Waals surface area contributed by atoms with E-state index in [0.29, 0.717) is 0 Å². The minimum Gasteiger partial charge on any atom is -0.481 e. The number of hydrogen-bond acceptors (Lipinski definition) is 12. The van der Waals surface area contributed by atoms with Crippen LogP contribution in [0.15, 0.2) is 0 Å². The van der Waals surface area contributed by atoms with E-state index < -0.39 is 61.3 Å². The number of carboxylic acids is 4. The van der Waals surface area contributed by atoms with Crippen molar-refractivity contribution in [3.63, 3.8) is 0 Å². The molecule has 0 fully saturated rings. The number of carbonyl (C=O) groups is 4. The predicted molar refractivity (Wildman–Crippen MR) is 97.5 cm³/mol. The third kappa shape index (κ3) is 16.4. The molecule has 16 heteroatoms. The Bertz CT molecular complexity index is 416. The van der Waals surface area contributed by atoms with Gasteiger partial charge in [0.25, 0.3) is 0 Å². The topological polar surface area (TPSA) is 397 Å². The number of nitrogens with two attached hydrogens (primary N) is 1. The Morgan fingerprint density at radius 2 is 1.12 bits per heavy atom.